The lowest BCUT2D eigenvalue weighted by atomic mass is 10.1. The summed E-state index contributed by atoms with van der Waals surface area (Å²) in [6.45, 7) is 0. The molecule has 2 N–H and O–H groups in total. The van der Waals surface area contributed by atoms with Crippen molar-refractivity contribution < 1.29 is 4.79 Å². The second-order valence-electron chi connectivity index (χ2n) is 5.36. The second kappa shape index (κ2) is 7.50. The summed E-state index contributed by atoms with van der Waals surface area (Å²) >= 11 is 6.51. The lowest BCUT2D eigenvalue weighted by Crippen LogP contribution is -2.12. The average molecular weight is 359 g/mol. The smallest absolute Gasteiger partial charge is 0.226 e. The molecule has 0 aliphatic rings. The van der Waals surface area contributed by atoms with Gasteiger partial charge in [0.25, 0.3) is 0 Å². The van der Waals surface area contributed by atoms with Crippen LogP contribution in [0.3, 0.4) is 0 Å². The second-order valence-corrected chi connectivity index (χ2v) is 6.60. The fourth-order valence-corrected chi connectivity index (χ4v) is 3.11. The van der Waals surface area contributed by atoms with Gasteiger partial charge in [-0.3, -0.25) is 9.89 Å². The molecule has 0 fully saturated rings. The molecule has 3 aromatic rings. The molecule has 1 aromatic carbocycles. The van der Waals surface area contributed by atoms with E-state index in [0.29, 0.717) is 22.7 Å². The number of carbonyl (C=O) groups is 1. The number of hydrogen-bond acceptors (Lipinski definition) is 5. The molecule has 24 heavy (non-hydrogen) atoms. The van der Waals surface area contributed by atoms with Crippen LogP contribution in [-0.4, -0.2) is 25.7 Å². The summed E-state index contributed by atoms with van der Waals surface area (Å²) in [6, 6.07) is 9.96. The Kier molecular flexibility index (Phi) is 5.17. The van der Waals surface area contributed by atoms with Crippen LogP contribution >= 0.6 is 23.6 Å². The highest BCUT2D eigenvalue weighted by Crippen LogP contribution is 2.18. The summed E-state index contributed by atoms with van der Waals surface area (Å²) in [5.41, 5.74) is 2.01. The molecule has 0 aliphatic heterocycles. The van der Waals surface area contributed by atoms with Crippen molar-refractivity contribution in [2.75, 3.05) is 5.32 Å². The van der Waals surface area contributed by atoms with E-state index in [2.05, 4.69) is 20.5 Å². The first-order valence-corrected chi connectivity index (χ1v) is 8.79. The summed E-state index contributed by atoms with van der Waals surface area (Å²) in [5, 5.41) is 12.3. The highest BCUT2D eigenvalue weighted by molar-refractivity contribution is 7.71. The Labute approximate surface area is 148 Å². The minimum absolute atomic E-state index is 0.0297. The van der Waals surface area contributed by atoms with E-state index >= 15 is 0 Å². The van der Waals surface area contributed by atoms with Gasteiger partial charge in [0.1, 0.15) is 5.82 Å². The summed E-state index contributed by atoms with van der Waals surface area (Å²) < 4.78 is 2.39. The Bertz CT molecular complexity index is 881. The van der Waals surface area contributed by atoms with E-state index in [1.165, 1.54) is 11.3 Å². The Morgan fingerprint density at radius 3 is 2.88 bits per heavy atom. The Morgan fingerprint density at radius 1 is 1.38 bits per heavy atom. The molecule has 0 radical (unpaired) electrons. The molecular weight excluding hydrogens is 342 g/mol. The molecule has 0 bridgehead atoms. The van der Waals surface area contributed by atoms with Crippen molar-refractivity contribution in [1.82, 2.24) is 19.7 Å². The highest BCUT2D eigenvalue weighted by Gasteiger charge is 2.10. The highest BCUT2D eigenvalue weighted by atomic mass is 32.1. The van der Waals surface area contributed by atoms with E-state index in [-0.39, 0.29) is 5.91 Å². The molecule has 0 spiro atoms. The fourth-order valence-electron chi connectivity index (χ4n) is 2.23. The lowest BCUT2D eigenvalue weighted by molar-refractivity contribution is -0.116. The first-order valence-electron chi connectivity index (χ1n) is 7.50. The number of amides is 1. The van der Waals surface area contributed by atoms with Gasteiger partial charge in [0.05, 0.1) is 12.1 Å². The summed E-state index contributed by atoms with van der Waals surface area (Å²) in [4.78, 5) is 16.5. The van der Waals surface area contributed by atoms with Crippen molar-refractivity contribution >= 4 is 34.6 Å². The molecule has 2 heterocycles. The first kappa shape index (κ1) is 16.5. The maximum atomic E-state index is 12.0. The summed E-state index contributed by atoms with van der Waals surface area (Å²) in [6.07, 6.45) is 1.72. The number of aromatic nitrogens is 4. The van der Waals surface area contributed by atoms with E-state index in [1.54, 1.807) is 0 Å². The van der Waals surface area contributed by atoms with Gasteiger partial charge in [-0.05, 0) is 24.2 Å². The number of thiazole rings is 1. The van der Waals surface area contributed by atoms with E-state index in [1.807, 2.05) is 47.3 Å². The van der Waals surface area contributed by atoms with Crippen molar-refractivity contribution in [2.45, 2.75) is 19.3 Å². The predicted octanol–water partition coefficient (Wildman–Crippen LogP) is 3.10. The number of nitrogens with zero attached hydrogens (tertiary/aromatic N) is 3. The maximum Gasteiger partial charge on any atom is 0.226 e. The van der Waals surface area contributed by atoms with Crippen LogP contribution in [-0.2, 0) is 24.7 Å². The van der Waals surface area contributed by atoms with Crippen LogP contribution in [0.2, 0.25) is 0 Å². The van der Waals surface area contributed by atoms with Gasteiger partial charge in [-0.25, -0.2) is 4.98 Å². The summed E-state index contributed by atoms with van der Waals surface area (Å²) in [7, 11) is 1.86. The van der Waals surface area contributed by atoms with Gasteiger partial charge >= 0.3 is 0 Å². The van der Waals surface area contributed by atoms with Gasteiger partial charge in [-0.2, -0.15) is 5.10 Å². The maximum absolute atomic E-state index is 12.0. The van der Waals surface area contributed by atoms with Crippen molar-refractivity contribution in [3.63, 3.8) is 0 Å². The average Bonchev–Trinajstić information content (AvgIpc) is 3.15. The fraction of sp³-hybridized carbons (Fsp3) is 0.250. The molecule has 6 nitrogen and oxygen atoms in total. The number of aromatic amines is 1. The van der Waals surface area contributed by atoms with Crippen LogP contribution in [0, 0.1) is 4.77 Å². The van der Waals surface area contributed by atoms with Crippen LogP contribution in [0.25, 0.3) is 0 Å². The molecule has 3 rings (SSSR count). The van der Waals surface area contributed by atoms with Crippen molar-refractivity contribution in [3.05, 3.63) is 57.6 Å². The van der Waals surface area contributed by atoms with Gasteiger partial charge in [-0.1, -0.05) is 30.3 Å². The number of aryl methyl sites for hydroxylation is 1. The van der Waals surface area contributed by atoms with Crippen molar-refractivity contribution in [1.29, 1.82) is 0 Å². The van der Waals surface area contributed by atoms with E-state index < -0.39 is 0 Å². The van der Waals surface area contributed by atoms with Gasteiger partial charge in [-0.15, -0.1) is 11.3 Å². The Morgan fingerprint density at radius 2 is 2.17 bits per heavy atom. The molecule has 0 saturated carbocycles. The van der Waals surface area contributed by atoms with Crippen LogP contribution < -0.4 is 5.32 Å². The number of hydrogen-bond donors (Lipinski definition) is 2. The van der Waals surface area contributed by atoms with Crippen LogP contribution in [0.4, 0.5) is 5.13 Å². The zero-order valence-corrected chi connectivity index (χ0v) is 14.8. The summed E-state index contributed by atoms with van der Waals surface area (Å²) in [5.74, 6) is 0.783. The normalized spacial score (nSPS) is 10.7. The number of carbonyl (C=O) groups excluding carboxylic acids is 1. The molecule has 8 heteroatoms. The van der Waals surface area contributed by atoms with Crippen molar-refractivity contribution in [2.24, 2.45) is 7.05 Å². The zero-order chi connectivity index (χ0) is 16.9. The number of H-pyrrole nitrogens is 1. The van der Waals surface area contributed by atoms with Crippen LogP contribution in [0.1, 0.15) is 23.5 Å². The van der Waals surface area contributed by atoms with E-state index in [0.717, 1.165) is 23.5 Å². The van der Waals surface area contributed by atoms with E-state index in [9.17, 15) is 4.79 Å². The third-order valence-electron chi connectivity index (χ3n) is 3.59. The minimum atomic E-state index is -0.0297. The van der Waals surface area contributed by atoms with Crippen LogP contribution in [0.15, 0.2) is 35.7 Å². The molecule has 0 unspecified atom stereocenters. The molecule has 124 valence electrons. The topological polar surface area (TPSA) is 75.6 Å². The number of nitrogens with one attached hydrogen (secondary N) is 2. The third kappa shape index (κ3) is 4.15. The van der Waals surface area contributed by atoms with E-state index in [4.69, 9.17) is 12.2 Å². The van der Waals surface area contributed by atoms with Gasteiger partial charge < -0.3 is 9.88 Å². The molecule has 0 atom stereocenters. The quantitative estimate of drug-likeness (QED) is 0.663. The molecule has 0 saturated heterocycles. The van der Waals surface area contributed by atoms with Crippen LogP contribution in [0.5, 0.6) is 0 Å². The van der Waals surface area contributed by atoms with Gasteiger partial charge in [0.2, 0.25) is 5.91 Å². The molecule has 1 amide bonds. The Hall–Kier alpha value is -2.32. The standard InChI is InChI=1S/C16H17N5OS2/c1-21-13(19-20-16(21)23)9-12-10-24-15(17-12)18-14(22)8-7-11-5-3-2-4-6-11/h2-6,10H,7-9H2,1H3,(H,20,23)(H,17,18,22). The number of benzene rings is 1. The van der Waals surface area contributed by atoms with Gasteiger partial charge in [0, 0.05) is 18.8 Å². The lowest BCUT2D eigenvalue weighted by Gasteiger charge is -2.02. The predicted molar refractivity (Wildman–Crippen MR) is 96.7 cm³/mol. The largest absolute Gasteiger partial charge is 0.307 e. The molecule has 0 aliphatic carbocycles. The monoisotopic (exact) mass is 359 g/mol. The number of rotatable bonds is 6. The molecular formula is C16H17N5OS2. The zero-order valence-electron chi connectivity index (χ0n) is 13.2. The SMILES string of the molecule is Cn1c(Cc2csc(NC(=O)CCc3ccccc3)n2)n[nH]c1=S. The van der Waals surface area contributed by atoms with Gasteiger partial charge in [0.15, 0.2) is 9.90 Å². The molecule has 2 aromatic heterocycles. The first-order chi connectivity index (χ1) is 11.6. The van der Waals surface area contributed by atoms with Crippen molar-refractivity contribution in [3.8, 4) is 0 Å². The number of anilines is 1. The third-order valence-corrected chi connectivity index (χ3v) is 4.76. The Balaban J connectivity index is 1.54. The minimum Gasteiger partial charge on any atom is -0.307 e.